The number of rotatable bonds is 4. The van der Waals surface area contributed by atoms with Crippen molar-refractivity contribution in [3.8, 4) is 0 Å². The highest BCUT2D eigenvalue weighted by molar-refractivity contribution is 4.68. The van der Waals surface area contributed by atoms with Gasteiger partial charge < -0.3 is 4.74 Å². The molecule has 0 bridgehead atoms. The Bertz CT molecular complexity index is 244. The van der Waals surface area contributed by atoms with Gasteiger partial charge in [-0.1, -0.05) is 0 Å². The van der Waals surface area contributed by atoms with E-state index in [1.807, 2.05) is 4.74 Å². The molecule has 2 nitrogen and oxygen atoms in total. The fraction of sp³-hybridized carbons (Fsp3) is 0.600. The molecule has 10 heteroatoms. The Kier molecular flexibility index (Phi) is 3.56. The maximum absolute atomic E-state index is 12.0. The van der Waals surface area contributed by atoms with Gasteiger partial charge in [0.05, 0.1) is 0 Å². The second-order valence-electron chi connectivity index (χ2n) is 2.04. The lowest BCUT2D eigenvalue weighted by Gasteiger charge is -2.23. The lowest BCUT2D eigenvalue weighted by molar-refractivity contribution is -0.508. The Labute approximate surface area is 77.1 Å². The molecule has 0 N–H and O–H groups in total. The van der Waals surface area contributed by atoms with Crippen molar-refractivity contribution in [2.45, 2.75) is 18.6 Å². The molecule has 0 aromatic carbocycles. The summed E-state index contributed by atoms with van der Waals surface area (Å²) >= 11 is 0. The van der Waals surface area contributed by atoms with E-state index in [1.165, 1.54) is 0 Å². The minimum Gasteiger partial charge on any atom is -0.383 e. The Hall–Kier alpha value is -1.06. The highest BCUT2D eigenvalue weighted by atomic mass is 19.4. The van der Waals surface area contributed by atoms with Gasteiger partial charge in [-0.15, -0.1) is 8.78 Å². The van der Waals surface area contributed by atoms with Crippen LogP contribution in [-0.2, 0) is 9.47 Å². The van der Waals surface area contributed by atoms with Crippen LogP contribution in [0, 0.1) is 0 Å². The van der Waals surface area contributed by atoms with Gasteiger partial charge in [0.1, 0.15) is 0 Å². The Balaban J connectivity index is 4.64. The van der Waals surface area contributed by atoms with E-state index in [9.17, 15) is 35.1 Å². The first kappa shape index (κ1) is 13.9. The minimum absolute atomic E-state index is 1.99. The van der Waals surface area contributed by atoms with Gasteiger partial charge in [0.2, 0.25) is 0 Å². The molecule has 0 radical (unpaired) electrons. The van der Waals surface area contributed by atoms with Crippen LogP contribution in [0.2, 0.25) is 0 Å². The van der Waals surface area contributed by atoms with Crippen molar-refractivity contribution < 1.29 is 44.6 Å². The molecule has 0 aromatic rings. The van der Waals surface area contributed by atoms with Crippen molar-refractivity contribution in [1.29, 1.82) is 0 Å². The second kappa shape index (κ2) is 3.83. The zero-order valence-electron chi connectivity index (χ0n) is 6.55. The quantitative estimate of drug-likeness (QED) is 0.431. The number of ether oxygens (including phenoxy) is 2. The summed E-state index contributed by atoms with van der Waals surface area (Å²) in [5, 5.41) is 0. The SMILES string of the molecule is C=C(F)OC(F)(F)OC(F)(F)C(F)(F)F. The van der Waals surface area contributed by atoms with Crippen molar-refractivity contribution in [3.63, 3.8) is 0 Å². The summed E-state index contributed by atoms with van der Waals surface area (Å²) < 4.78 is 97.7. The van der Waals surface area contributed by atoms with Crippen LogP contribution < -0.4 is 0 Å². The summed E-state index contributed by atoms with van der Waals surface area (Å²) in [6, 6.07) is -2.28. The fourth-order valence-corrected chi connectivity index (χ4v) is 0.357. The lowest BCUT2D eigenvalue weighted by Crippen LogP contribution is -2.45. The van der Waals surface area contributed by atoms with Crippen molar-refractivity contribution >= 4 is 0 Å². The van der Waals surface area contributed by atoms with Gasteiger partial charge in [-0.25, -0.2) is 4.74 Å². The van der Waals surface area contributed by atoms with Crippen molar-refractivity contribution in [2.24, 2.45) is 0 Å². The second-order valence-corrected chi connectivity index (χ2v) is 2.04. The number of halogens is 8. The third-order valence-electron chi connectivity index (χ3n) is 0.807. The molecule has 0 aliphatic rings. The predicted octanol–water partition coefficient (Wildman–Crippen LogP) is 3.17. The van der Waals surface area contributed by atoms with Gasteiger partial charge in [-0.3, -0.25) is 0 Å². The number of hydrogen-bond donors (Lipinski definition) is 0. The molecule has 0 spiro atoms. The molecule has 0 aliphatic carbocycles. The van der Waals surface area contributed by atoms with E-state index in [-0.39, 0.29) is 0 Å². The zero-order chi connectivity index (χ0) is 12.5. The van der Waals surface area contributed by atoms with Crippen LogP contribution in [0.3, 0.4) is 0 Å². The van der Waals surface area contributed by atoms with E-state index < -0.39 is 24.6 Å². The molecule has 0 atom stereocenters. The zero-order valence-corrected chi connectivity index (χ0v) is 6.55. The molecule has 0 aromatic heterocycles. The van der Waals surface area contributed by atoms with Crippen LogP contribution >= 0.6 is 0 Å². The van der Waals surface area contributed by atoms with Gasteiger partial charge in [-0.05, 0) is 6.58 Å². The van der Waals surface area contributed by atoms with Crippen molar-refractivity contribution in [1.82, 2.24) is 0 Å². The molecule has 0 saturated heterocycles. The molecule has 90 valence electrons. The van der Waals surface area contributed by atoms with Gasteiger partial charge in [0, 0.05) is 0 Å². The molecule has 0 rings (SSSR count). The molecular formula is C5H2F8O2. The molecule has 0 aliphatic heterocycles. The molecule has 0 fully saturated rings. The summed E-state index contributed by atoms with van der Waals surface area (Å²) in [6.07, 6.45) is -18.0. The monoisotopic (exact) mass is 246 g/mol. The van der Waals surface area contributed by atoms with E-state index >= 15 is 0 Å². The maximum atomic E-state index is 12.0. The average Bonchev–Trinajstić information content (AvgIpc) is 1.75. The van der Waals surface area contributed by atoms with E-state index in [4.69, 9.17) is 0 Å². The van der Waals surface area contributed by atoms with Crippen LogP contribution in [0.4, 0.5) is 35.1 Å². The predicted molar refractivity (Wildman–Crippen MR) is 28.4 cm³/mol. The van der Waals surface area contributed by atoms with E-state index in [1.54, 1.807) is 0 Å². The van der Waals surface area contributed by atoms with Gasteiger partial charge in [0.15, 0.2) is 0 Å². The smallest absolute Gasteiger partial charge is 0.383 e. The molecule has 0 unspecified atom stereocenters. The summed E-state index contributed by atoms with van der Waals surface area (Å²) in [4.78, 5) is 0. The molecule has 0 saturated carbocycles. The van der Waals surface area contributed by atoms with Crippen LogP contribution in [-0.4, -0.2) is 18.6 Å². The summed E-state index contributed by atoms with van der Waals surface area (Å²) in [5.41, 5.74) is 0. The normalized spacial score (nSPS) is 13.9. The summed E-state index contributed by atoms with van der Waals surface area (Å²) in [6.45, 7) is 2.06. The highest BCUT2D eigenvalue weighted by Gasteiger charge is 2.65. The largest absolute Gasteiger partial charge is 0.541 e. The number of hydrogen-bond acceptors (Lipinski definition) is 2. The first-order valence-corrected chi connectivity index (χ1v) is 2.93. The maximum Gasteiger partial charge on any atom is 0.541 e. The summed E-state index contributed by atoms with van der Waals surface area (Å²) in [5.74, 6) is 0. The van der Waals surface area contributed by atoms with Crippen LogP contribution in [0.1, 0.15) is 0 Å². The lowest BCUT2D eigenvalue weighted by atomic mass is 10.6. The van der Waals surface area contributed by atoms with Crippen LogP contribution in [0.5, 0.6) is 0 Å². The van der Waals surface area contributed by atoms with Gasteiger partial charge in [-0.2, -0.15) is 26.3 Å². The van der Waals surface area contributed by atoms with Crippen LogP contribution in [0.25, 0.3) is 0 Å². The van der Waals surface area contributed by atoms with Crippen molar-refractivity contribution in [3.05, 3.63) is 12.6 Å². The van der Waals surface area contributed by atoms with Gasteiger partial charge >= 0.3 is 18.6 Å². The molecule has 15 heavy (non-hydrogen) atoms. The Morgan fingerprint density at radius 1 is 0.933 bits per heavy atom. The number of alkyl halides is 7. The highest BCUT2D eigenvalue weighted by Crippen LogP contribution is 2.40. The Morgan fingerprint density at radius 2 is 1.33 bits per heavy atom. The summed E-state index contributed by atoms with van der Waals surface area (Å²) in [7, 11) is 0. The van der Waals surface area contributed by atoms with E-state index in [2.05, 4.69) is 11.3 Å². The van der Waals surface area contributed by atoms with Gasteiger partial charge in [0.25, 0.3) is 6.01 Å². The first-order chi connectivity index (χ1) is 6.37. The van der Waals surface area contributed by atoms with E-state index in [0.29, 0.717) is 0 Å². The van der Waals surface area contributed by atoms with Crippen LogP contribution in [0.15, 0.2) is 12.6 Å². The topological polar surface area (TPSA) is 18.5 Å². The average molecular weight is 246 g/mol. The third-order valence-corrected chi connectivity index (χ3v) is 0.807. The molecular weight excluding hydrogens is 244 g/mol. The molecule has 0 amide bonds. The molecule has 0 heterocycles. The standard InChI is InChI=1S/C5H2F8O2/c1-2(6)14-5(12,13)15-4(10,11)3(7,8)9/h1H2. The first-order valence-electron chi connectivity index (χ1n) is 2.93. The van der Waals surface area contributed by atoms with E-state index in [0.717, 1.165) is 0 Å². The fourth-order valence-electron chi connectivity index (χ4n) is 0.357. The Morgan fingerprint density at radius 3 is 1.60 bits per heavy atom. The minimum atomic E-state index is -6.38. The third kappa shape index (κ3) is 4.32. The van der Waals surface area contributed by atoms with Crippen molar-refractivity contribution in [2.75, 3.05) is 0 Å².